The van der Waals surface area contributed by atoms with E-state index in [2.05, 4.69) is 40.0 Å². The molecule has 4 heteroatoms. The average molecular weight is 276 g/mol. The maximum atomic E-state index is 4.34. The molecule has 0 spiro atoms. The highest BCUT2D eigenvalue weighted by atomic mass is 15.3. The second-order valence-electron chi connectivity index (χ2n) is 6.47. The average Bonchev–Trinajstić information content (AvgIpc) is 3.21. The minimum Gasteiger partial charge on any atom is -0.311 e. The molecule has 1 saturated carbocycles. The topological polar surface area (TPSA) is 33.1 Å². The Morgan fingerprint density at radius 1 is 1.25 bits per heavy atom. The number of aromatic nitrogens is 2. The predicted octanol–water partition coefficient (Wildman–Crippen LogP) is 2.13. The summed E-state index contributed by atoms with van der Waals surface area (Å²) < 4.78 is 2.06. The van der Waals surface area contributed by atoms with Crippen LogP contribution in [0.5, 0.6) is 0 Å². The van der Waals surface area contributed by atoms with Crippen LogP contribution in [0.25, 0.3) is 0 Å². The number of hydrogen-bond acceptors (Lipinski definition) is 3. The highest BCUT2D eigenvalue weighted by Gasteiger charge is 2.42. The van der Waals surface area contributed by atoms with Gasteiger partial charge in [0.25, 0.3) is 0 Å². The number of hydrogen-bond donors (Lipinski definition) is 1. The lowest BCUT2D eigenvalue weighted by molar-refractivity contribution is 0.0238. The summed E-state index contributed by atoms with van der Waals surface area (Å²) in [6, 6.07) is 2.73. The van der Waals surface area contributed by atoms with Gasteiger partial charge in [-0.05, 0) is 37.7 Å². The third kappa shape index (κ3) is 2.77. The van der Waals surface area contributed by atoms with Gasteiger partial charge in [0.05, 0.1) is 6.54 Å². The molecule has 20 heavy (non-hydrogen) atoms. The van der Waals surface area contributed by atoms with Crippen molar-refractivity contribution in [1.29, 1.82) is 0 Å². The van der Waals surface area contributed by atoms with E-state index in [0.717, 1.165) is 31.6 Å². The fourth-order valence-corrected chi connectivity index (χ4v) is 3.67. The summed E-state index contributed by atoms with van der Waals surface area (Å²) in [6.45, 7) is 9.17. The van der Waals surface area contributed by atoms with Crippen molar-refractivity contribution in [2.24, 2.45) is 5.92 Å². The van der Waals surface area contributed by atoms with Crippen molar-refractivity contribution >= 4 is 0 Å². The Hall–Kier alpha value is -0.870. The lowest BCUT2D eigenvalue weighted by atomic mass is 9.86. The summed E-state index contributed by atoms with van der Waals surface area (Å²) in [4.78, 5) is 2.74. The minimum absolute atomic E-state index is 0.346. The third-order valence-corrected chi connectivity index (χ3v) is 5.45. The predicted molar refractivity (Wildman–Crippen MR) is 81.6 cm³/mol. The molecule has 0 radical (unpaired) electrons. The van der Waals surface area contributed by atoms with Crippen LogP contribution < -0.4 is 5.32 Å². The van der Waals surface area contributed by atoms with Gasteiger partial charge in [0.15, 0.2) is 0 Å². The maximum absolute atomic E-state index is 4.34. The van der Waals surface area contributed by atoms with Crippen molar-refractivity contribution in [3.63, 3.8) is 0 Å². The Morgan fingerprint density at radius 3 is 2.65 bits per heavy atom. The van der Waals surface area contributed by atoms with E-state index in [-0.39, 0.29) is 0 Å². The molecule has 1 N–H and O–H groups in total. The monoisotopic (exact) mass is 276 g/mol. The van der Waals surface area contributed by atoms with Gasteiger partial charge in [-0.25, -0.2) is 0 Å². The van der Waals surface area contributed by atoms with Gasteiger partial charge in [-0.15, -0.1) is 0 Å². The molecule has 1 aromatic rings. The van der Waals surface area contributed by atoms with Crippen molar-refractivity contribution in [1.82, 2.24) is 20.0 Å². The lowest BCUT2D eigenvalue weighted by Gasteiger charge is -2.50. The van der Waals surface area contributed by atoms with Gasteiger partial charge >= 0.3 is 0 Å². The summed E-state index contributed by atoms with van der Waals surface area (Å²) in [5, 5.41) is 8.17. The minimum atomic E-state index is 0.346. The molecule has 1 unspecified atom stereocenters. The molecule has 0 amide bonds. The summed E-state index contributed by atoms with van der Waals surface area (Å²) in [5.41, 5.74) is 0.346. The quantitative estimate of drug-likeness (QED) is 0.864. The molecule has 3 rings (SSSR count). The molecule has 1 aromatic heterocycles. The van der Waals surface area contributed by atoms with Crippen molar-refractivity contribution in [2.45, 2.75) is 57.7 Å². The molecule has 1 atom stereocenters. The van der Waals surface area contributed by atoms with Crippen LogP contribution in [0, 0.1) is 5.92 Å². The Bertz CT molecular complexity index is 406. The molecule has 1 saturated heterocycles. The molecular weight excluding hydrogens is 248 g/mol. The Kier molecular flexibility index (Phi) is 4.13. The highest BCUT2D eigenvalue weighted by molar-refractivity contribution is 5.01. The summed E-state index contributed by atoms with van der Waals surface area (Å²) in [7, 11) is 0. The molecule has 4 nitrogen and oxygen atoms in total. The first-order valence-electron chi connectivity index (χ1n) is 8.23. The SMILES string of the molecule is CCC1(CC)CNC(C2CC2)CN1CCn1cccn1. The second-order valence-corrected chi connectivity index (χ2v) is 6.47. The summed E-state index contributed by atoms with van der Waals surface area (Å²) in [5.74, 6) is 0.939. The van der Waals surface area contributed by atoms with Gasteiger partial charge in [0, 0.05) is 43.6 Å². The van der Waals surface area contributed by atoms with Crippen molar-refractivity contribution in [2.75, 3.05) is 19.6 Å². The molecule has 1 aliphatic heterocycles. The molecule has 2 fully saturated rings. The molecule has 112 valence electrons. The smallest absolute Gasteiger partial charge is 0.0536 e. The van der Waals surface area contributed by atoms with E-state index in [4.69, 9.17) is 0 Å². The van der Waals surface area contributed by atoms with E-state index in [1.54, 1.807) is 0 Å². The first kappa shape index (κ1) is 14.1. The van der Waals surface area contributed by atoms with E-state index in [1.807, 2.05) is 12.3 Å². The van der Waals surface area contributed by atoms with Crippen LogP contribution in [0.15, 0.2) is 18.5 Å². The number of rotatable bonds is 6. The van der Waals surface area contributed by atoms with Crippen molar-refractivity contribution < 1.29 is 0 Å². The van der Waals surface area contributed by atoms with Crippen LogP contribution in [-0.2, 0) is 6.54 Å². The van der Waals surface area contributed by atoms with Gasteiger partial charge in [-0.1, -0.05) is 13.8 Å². The lowest BCUT2D eigenvalue weighted by Crippen LogP contribution is -2.65. The van der Waals surface area contributed by atoms with Crippen LogP contribution in [0.4, 0.5) is 0 Å². The zero-order valence-electron chi connectivity index (χ0n) is 12.9. The first-order chi connectivity index (χ1) is 9.77. The van der Waals surface area contributed by atoms with E-state index >= 15 is 0 Å². The summed E-state index contributed by atoms with van der Waals surface area (Å²) in [6.07, 6.45) is 9.25. The first-order valence-corrected chi connectivity index (χ1v) is 8.23. The van der Waals surface area contributed by atoms with Crippen molar-refractivity contribution in [3.8, 4) is 0 Å². The largest absolute Gasteiger partial charge is 0.311 e. The Morgan fingerprint density at radius 2 is 2.05 bits per heavy atom. The maximum Gasteiger partial charge on any atom is 0.0536 e. The van der Waals surface area contributed by atoms with E-state index < -0.39 is 0 Å². The molecular formula is C16H28N4. The van der Waals surface area contributed by atoms with Crippen LogP contribution in [-0.4, -0.2) is 45.9 Å². The van der Waals surface area contributed by atoms with E-state index in [1.165, 1.54) is 32.2 Å². The van der Waals surface area contributed by atoms with Crippen LogP contribution in [0.1, 0.15) is 39.5 Å². The highest BCUT2D eigenvalue weighted by Crippen LogP contribution is 2.37. The Labute approximate surface area is 122 Å². The number of piperazine rings is 1. The van der Waals surface area contributed by atoms with E-state index in [9.17, 15) is 0 Å². The van der Waals surface area contributed by atoms with Gasteiger partial charge < -0.3 is 5.32 Å². The fraction of sp³-hybridized carbons (Fsp3) is 0.812. The molecule has 2 heterocycles. The molecule has 0 aromatic carbocycles. The van der Waals surface area contributed by atoms with Gasteiger partial charge in [-0.3, -0.25) is 9.58 Å². The number of nitrogens with zero attached hydrogens (tertiary/aromatic N) is 3. The molecule has 2 aliphatic rings. The van der Waals surface area contributed by atoms with Gasteiger partial charge in [0.2, 0.25) is 0 Å². The van der Waals surface area contributed by atoms with Crippen LogP contribution in [0.3, 0.4) is 0 Å². The van der Waals surface area contributed by atoms with Gasteiger partial charge in [0.1, 0.15) is 0 Å². The third-order valence-electron chi connectivity index (χ3n) is 5.45. The second kappa shape index (κ2) is 5.86. The number of nitrogens with one attached hydrogen (secondary N) is 1. The van der Waals surface area contributed by atoms with Crippen LogP contribution >= 0.6 is 0 Å². The summed E-state index contributed by atoms with van der Waals surface area (Å²) >= 11 is 0. The fourth-order valence-electron chi connectivity index (χ4n) is 3.67. The normalized spacial score (nSPS) is 26.8. The van der Waals surface area contributed by atoms with Crippen LogP contribution in [0.2, 0.25) is 0 Å². The van der Waals surface area contributed by atoms with Crippen molar-refractivity contribution in [3.05, 3.63) is 18.5 Å². The zero-order valence-corrected chi connectivity index (χ0v) is 12.9. The van der Waals surface area contributed by atoms with E-state index in [0.29, 0.717) is 5.54 Å². The van der Waals surface area contributed by atoms with Gasteiger partial charge in [-0.2, -0.15) is 5.10 Å². The molecule has 1 aliphatic carbocycles. The zero-order chi connectivity index (χ0) is 14.0. The Balaban J connectivity index is 1.66. The standard InChI is InChI=1S/C16H28N4/c1-3-16(4-2)13-17-15(14-6-7-14)12-19(16)10-11-20-9-5-8-18-20/h5,8-9,14-15,17H,3-4,6-7,10-13H2,1-2H3. The molecule has 0 bridgehead atoms.